The van der Waals surface area contributed by atoms with Crippen LogP contribution in [-0.2, 0) is 12.8 Å². The molecule has 0 atom stereocenters. The van der Waals surface area contributed by atoms with Crippen LogP contribution in [0.4, 0.5) is 0 Å². The molecule has 2 aromatic rings. The van der Waals surface area contributed by atoms with E-state index in [0.29, 0.717) is 0 Å². The van der Waals surface area contributed by atoms with Gasteiger partial charge in [0, 0.05) is 18.6 Å². The SMILES string of the molecule is CN(C)CCc1cccc(P(CS)c2cccc(CCN(C)C)c2)c1. The Hall–Kier alpha value is -0.860. The van der Waals surface area contributed by atoms with Crippen molar-refractivity contribution in [3.63, 3.8) is 0 Å². The Bertz CT molecular complexity index is 602. The van der Waals surface area contributed by atoms with Gasteiger partial charge in [-0.05, 0) is 70.7 Å². The highest BCUT2D eigenvalue weighted by molar-refractivity contribution is 7.93. The summed E-state index contributed by atoms with van der Waals surface area (Å²) in [7, 11) is 8.12. The van der Waals surface area contributed by atoms with Crippen LogP contribution in [0.1, 0.15) is 11.1 Å². The van der Waals surface area contributed by atoms with Crippen LogP contribution in [-0.4, -0.2) is 56.6 Å². The third-order valence-corrected chi connectivity index (χ3v) is 7.22. The van der Waals surface area contributed by atoms with Crippen molar-refractivity contribution >= 4 is 31.2 Å². The second kappa shape index (κ2) is 10.3. The summed E-state index contributed by atoms with van der Waals surface area (Å²) in [5.74, 6) is 0. The quantitative estimate of drug-likeness (QED) is 0.532. The molecular weight excluding hydrogens is 343 g/mol. The molecule has 2 rings (SSSR count). The molecule has 0 aliphatic heterocycles. The van der Waals surface area contributed by atoms with Crippen LogP contribution in [0.3, 0.4) is 0 Å². The summed E-state index contributed by atoms with van der Waals surface area (Å²) < 4.78 is 0. The van der Waals surface area contributed by atoms with Crippen molar-refractivity contribution in [1.82, 2.24) is 9.80 Å². The van der Waals surface area contributed by atoms with E-state index in [9.17, 15) is 0 Å². The lowest BCUT2D eigenvalue weighted by molar-refractivity contribution is 0.413. The van der Waals surface area contributed by atoms with Gasteiger partial charge in [0.25, 0.3) is 0 Å². The molecule has 0 amide bonds. The van der Waals surface area contributed by atoms with Crippen molar-refractivity contribution < 1.29 is 0 Å². The zero-order valence-corrected chi connectivity index (χ0v) is 17.7. The molecule has 4 heteroatoms. The Labute approximate surface area is 160 Å². The van der Waals surface area contributed by atoms with E-state index in [1.807, 2.05) is 0 Å². The molecule has 0 radical (unpaired) electrons. The van der Waals surface area contributed by atoms with Gasteiger partial charge in [-0.15, -0.1) is 0 Å². The zero-order valence-electron chi connectivity index (χ0n) is 15.9. The fourth-order valence-corrected chi connectivity index (χ4v) is 5.56. The summed E-state index contributed by atoms with van der Waals surface area (Å²) in [4.78, 5) is 4.48. The van der Waals surface area contributed by atoms with Gasteiger partial charge in [0.1, 0.15) is 0 Å². The average molecular weight is 375 g/mol. The molecule has 2 nitrogen and oxygen atoms in total. The minimum absolute atomic E-state index is 0.396. The molecule has 0 aliphatic rings. The van der Waals surface area contributed by atoms with E-state index in [1.165, 1.54) is 21.7 Å². The van der Waals surface area contributed by atoms with E-state index < -0.39 is 7.92 Å². The normalized spacial score (nSPS) is 11.7. The first kappa shape index (κ1) is 20.5. The lowest BCUT2D eigenvalue weighted by Crippen LogP contribution is -2.18. The standard InChI is InChI=1S/C21H31N2PS/c1-22(2)13-11-18-7-5-9-20(15-18)24(17-25)21-10-6-8-19(16-21)12-14-23(3)4/h5-10,15-16,25H,11-14,17H2,1-4H3. The molecule has 0 spiro atoms. The molecule has 0 N–H and O–H groups in total. The van der Waals surface area contributed by atoms with Crippen LogP contribution in [0.15, 0.2) is 48.5 Å². The molecule has 0 fully saturated rings. The smallest absolute Gasteiger partial charge is 0.0186 e. The number of hydrogen-bond donors (Lipinski definition) is 1. The molecule has 0 bridgehead atoms. The van der Waals surface area contributed by atoms with Gasteiger partial charge in [-0.1, -0.05) is 48.5 Å². The van der Waals surface area contributed by atoms with Crippen LogP contribution >= 0.6 is 20.6 Å². The predicted octanol–water partition coefficient (Wildman–Crippen LogP) is 3.21. The summed E-state index contributed by atoms with van der Waals surface area (Å²) in [6, 6.07) is 18.2. The van der Waals surface area contributed by atoms with Crippen molar-refractivity contribution in [2.75, 3.05) is 46.8 Å². The largest absolute Gasteiger partial charge is 0.309 e. The van der Waals surface area contributed by atoms with E-state index in [2.05, 4.69) is 99.2 Å². The summed E-state index contributed by atoms with van der Waals surface area (Å²) in [6.07, 6.45) is 2.19. The van der Waals surface area contributed by atoms with E-state index in [0.717, 1.165) is 31.4 Å². The van der Waals surface area contributed by atoms with E-state index >= 15 is 0 Å². The Morgan fingerprint density at radius 3 is 1.56 bits per heavy atom. The van der Waals surface area contributed by atoms with Gasteiger partial charge in [0.05, 0.1) is 0 Å². The van der Waals surface area contributed by atoms with Crippen LogP contribution in [0.25, 0.3) is 0 Å². The number of rotatable bonds is 9. The van der Waals surface area contributed by atoms with Gasteiger partial charge >= 0.3 is 0 Å². The van der Waals surface area contributed by atoms with Crippen molar-refractivity contribution in [2.45, 2.75) is 12.8 Å². The fraction of sp³-hybridized carbons (Fsp3) is 0.429. The minimum atomic E-state index is -0.396. The van der Waals surface area contributed by atoms with Crippen LogP contribution in [0.5, 0.6) is 0 Å². The first-order chi connectivity index (χ1) is 12.0. The lowest BCUT2D eigenvalue weighted by atomic mass is 10.1. The summed E-state index contributed by atoms with van der Waals surface area (Å²) in [5.41, 5.74) is 3.73. The zero-order chi connectivity index (χ0) is 18.2. The summed E-state index contributed by atoms with van der Waals surface area (Å²) >= 11 is 4.69. The maximum absolute atomic E-state index is 4.69. The maximum Gasteiger partial charge on any atom is 0.0186 e. The molecule has 0 aromatic heterocycles. The van der Waals surface area contributed by atoms with Gasteiger partial charge in [-0.25, -0.2) is 0 Å². The summed E-state index contributed by atoms with van der Waals surface area (Å²) in [5, 5.41) is 2.87. The van der Waals surface area contributed by atoms with Crippen molar-refractivity contribution in [3.8, 4) is 0 Å². The predicted molar refractivity (Wildman–Crippen MR) is 117 cm³/mol. The minimum Gasteiger partial charge on any atom is -0.309 e. The summed E-state index contributed by atoms with van der Waals surface area (Å²) in [6.45, 7) is 2.17. The second-order valence-electron chi connectivity index (χ2n) is 7.02. The Morgan fingerprint density at radius 1 is 0.760 bits per heavy atom. The van der Waals surface area contributed by atoms with Gasteiger partial charge in [0.2, 0.25) is 0 Å². The van der Waals surface area contributed by atoms with Gasteiger partial charge in [0.15, 0.2) is 0 Å². The van der Waals surface area contributed by atoms with E-state index in [1.54, 1.807) is 0 Å². The Kier molecular flexibility index (Phi) is 8.45. The van der Waals surface area contributed by atoms with Crippen LogP contribution in [0.2, 0.25) is 0 Å². The third kappa shape index (κ3) is 6.75. The Balaban J connectivity index is 2.18. The third-order valence-electron chi connectivity index (χ3n) is 4.28. The number of hydrogen-bond acceptors (Lipinski definition) is 3. The second-order valence-corrected chi connectivity index (χ2v) is 10.0. The number of likely N-dealkylation sites (N-methyl/N-ethyl adjacent to an activating group) is 2. The van der Waals surface area contributed by atoms with Crippen molar-refractivity contribution in [2.24, 2.45) is 0 Å². The molecule has 2 aromatic carbocycles. The number of thiol groups is 1. The van der Waals surface area contributed by atoms with Crippen molar-refractivity contribution in [3.05, 3.63) is 59.7 Å². The first-order valence-corrected chi connectivity index (χ1v) is 11.0. The highest BCUT2D eigenvalue weighted by atomic mass is 32.1. The van der Waals surface area contributed by atoms with Gasteiger partial charge in [-0.2, -0.15) is 12.6 Å². The molecule has 25 heavy (non-hydrogen) atoms. The lowest BCUT2D eigenvalue weighted by Gasteiger charge is -2.19. The average Bonchev–Trinajstić information content (AvgIpc) is 2.60. The monoisotopic (exact) mass is 374 g/mol. The molecule has 0 heterocycles. The number of benzene rings is 2. The molecule has 136 valence electrons. The fourth-order valence-electron chi connectivity index (χ4n) is 2.78. The Morgan fingerprint density at radius 2 is 1.20 bits per heavy atom. The highest BCUT2D eigenvalue weighted by Gasteiger charge is 2.13. The molecule has 0 aliphatic carbocycles. The van der Waals surface area contributed by atoms with Crippen molar-refractivity contribution in [1.29, 1.82) is 0 Å². The number of nitrogens with zero attached hydrogens (tertiary/aromatic N) is 2. The molecule has 0 unspecified atom stereocenters. The van der Waals surface area contributed by atoms with E-state index in [-0.39, 0.29) is 0 Å². The van der Waals surface area contributed by atoms with Crippen LogP contribution < -0.4 is 10.6 Å². The molecular formula is C21H31N2PS. The van der Waals surface area contributed by atoms with Crippen LogP contribution in [0, 0.1) is 0 Å². The molecule has 0 saturated heterocycles. The topological polar surface area (TPSA) is 6.48 Å². The van der Waals surface area contributed by atoms with Gasteiger partial charge in [-0.3, -0.25) is 0 Å². The first-order valence-electron chi connectivity index (χ1n) is 8.85. The van der Waals surface area contributed by atoms with E-state index in [4.69, 9.17) is 0 Å². The molecule has 0 saturated carbocycles. The van der Waals surface area contributed by atoms with Gasteiger partial charge < -0.3 is 9.80 Å². The maximum atomic E-state index is 4.69. The highest BCUT2D eigenvalue weighted by Crippen LogP contribution is 2.35.